The van der Waals surface area contributed by atoms with Crippen LogP contribution >= 0.6 is 0 Å². The largest absolute Gasteiger partial charge is 0.296 e. The molecule has 36 heavy (non-hydrogen) atoms. The maximum atomic E-state index is 14.0. The van der Waals surface area contributed by atoms with Crippen molar-refractivity contribution in [3.63, 3.8) is 0 Å². The fraction of sp³-hybridized carbons (Fsp3) is 0.452. The predicted octanol–water partition coefficient (Wildman–Crippen LogP) is 5.30. The van der Waals surface area contributed by atoms with Gasteiger partial charge in [-0.05, 0) is 59.2 Å². The Kier molecular flexibility index (Phi) is 5.71. The van der Waals surface area contributed by atoms with E-state index in [0.29, 0.717) is 11.1 Å². The zero-order valence-corrected chi connectivity index (χ0v) is 21.9. The number of rotatable bonds is 4. The molecule has 0 radical (unpaired) electrons. The van der Waals surface area contributed by atoms with Crippen molar-refractivity contribution >= 4 is 5.78 Å². The van der Waals surface area contributed by atoms with Crippen molar-refractivity contribution in [1.82, 2.24) is 9.80 Å². The van der Waals surface area contributed by atoms with E-state index in [0.717, 1.165) is 42.6 Å². The Bertz CT molecular complexity index is 1290. The van der Waals surface area contributed by atoms with E-state index in [1.54, 1.807) is 0 Å². The smallest absolute Gasteiger partial charge is 0.213 e. The van der Waals surface area contributed by atoms with Crippen LogP contribution in [-0.2, 0) is 5.54 Å². The van der Waals surface area contributed by atoms with E-state index < -0.39 is 16.6 Å². The van der Waals surface area contributed by atoms with Gasteiger partial charge in [0.1, 0.15) is 12.1 Å². The summed E-state index contributed by atoms with van der Waals surface area (Å²) in [6.45, 7) is 12.0. The normalized spacial score (nSPS) is 28.8. The first kappa shape index (κ1) is 24.4. The van der Waals surface area contributed by atoms with Crippen LogP contribution in [0.2, 0.25) is 0 Å². The topological polar surface area (TPSA) is 71.1 Å². The minimum Gasteiger partial charge on any atom is -0.296 e. The van der Waals surface area contributed by atoms with Crippen molar-refractivity contribution in [2.45, 2.75) is 70.1 Å². The van der Waals surface area contributed by atoms with Crippen molar-refractivity contribution in [1.29, 1.82) is 10.5 Å². The lowest BCUT2D eigenvalue weighted by molar-refractivity contribution is 0.0402. The fourth-order valence-electron chi connectivity index (χ4n) is 7.20. The summed E-state index contributed by atoms with van der Waals surface area (Å²) in [7, 11) is 0. The van der Waals surface area contributed by atoms with Crippen molar-refractivity contribution in [3.8, 4) is 12.1 Å². The van der Waals surface area contributed by atoms with E-state index in [1.807, 2.05) is 45.0 Å². The molecule has 2 saturated heterocycles. The number of aryl methyl sites for hydroxylation is 2. The minimum atomic E-state index is -1.40. The van der Waals surface area contributed by atoms with Gasteiger partial charge in [0.15, 0.2) is 5.78 Å². The molecule has 0 N–H and O–H groups in total. The Morgan fingerprint density at radius 1 is 0.917 bits per heavy atom. The number of nitriles is 2. The number of benzene rings is 2. The molecule has 2 aromatic rings. The first-order valence-corrected chi connectivity index (χ1v) is 12.9. The number of fused-ring (bicyclic) bond motifs is 1. The van der Waals surface area contributed by atoms with Crippen molar-refractivity contribution in [2.24, 2.45) is 5.92 Å². The first-order valence-electron chi connectivity index (χ1n) is 12.9. The number of hydrogen-bond donors (Lipinski definition) is 0. The highest BCUT2D eigenvalue weighted by Gasteiger charge is 2.73. The third kappa shape index (κ3) is 3.16. The van der Waals surface area contributed by atoms with Crippen LogP contribution in [0, 0.1) is 42.4 Å². The second-order valence-electron chi connectivity index (χ2n) is 11.3. The Labute approximate surface area is 214 Å². The van der Waals surface area contributed by atoms with Gasteiger partial charge in [0.25, 0.3) is 0 Å². The summed E-state index contributed by atoms with van der Waals surface area (Å²) in [6, 6.07) is 20.8. The van der Waals surface area contributed by atoms with E-state index in [2.05, 4.69) is 66.1 Å². The molecule has 2 aromatic carbocycles. The van der Waals surface area contributed by atoms with E-state index in [1.165, 1.54) is 0 Å². The Morgan fingerprint density at radius 2 is 1.44 bits per heavy atom. The molecule has 3 aliphatic rings. The molecule has 2 fully saturated rings. The Balaban J connectivity index is 1.78. The van der Waals surface area contributed by atoms with Gasteiger partial charge in [-0.3, -0.25) is 9.69 Å². The second-order valence-corrected chi connectivity index (χ2v) is 11.3. The Morgan fingerprint density at radius 3 is 1.97 bits per heavy atom. The molecule has 0 bridgehead atoms. The number of hydrogen-bond acceptors (Lipinski definition) is 5. The lowest BCUT2D eigenvalue weighted by atomic mass is 9.75. The van der Waals surface area contributed by atoms with E-state index in [4.69, 9.17) is 0 Å². The molecule has 5 rings (SSSR count). The van der Waals surface area contributed by atoms with Gasteiger partial charge in [-0.2, -0.15) is 10.5 Å². The summed E-state index contributed by atoms with van der Waals surface area (Å²) in [5.41, 5.74) is 1.55. The molecule has 0 spiro atoms. The Hall–Kier alpha value is -3.25. The molecule has 5 heteroatoms. The molecule has 0 aliphatic carbocycles. The van der Waals surface area contributed by atoms with E-state index in [-0.39, 0.29) is 17.7 Å². The van der Waals surface area contributed by atoms with Gasteiger partial charge in [0, 0.05) is 22.6 Å². The molecule has 3 aliphatic heterocycles. The third-order valence-corrected chi connectivity index (χ3v) is 8.85. The molecule has 0 saturated carbocycles. The lowest BCUT2D eigenvalue weighted by Gasteiger charge is -2.46. The zero-order valence-electron chi connectivity index (χ0n) is 21.9. The average Bonchev–Trinajstić information content (AvgIpc) is 3.53. The third-order valence-electron chi connectivity index (χ3n) is 8.85. The highest BCUT2D eigenvalue weighted by Crippen LogP contribution is 2.62. The van der Waals surface area contributed by atoms with Gasteiger partial charge in [0.05, 0.1) is 11.6 Å². The van der Waals surface area contributed by atoms with Gasteiger partial charge < -0.3 is 0 Å². The number of nitrogens with zero attached hydrogens (tertiary/aromatic N) is 4. The maximum absolute atomic E-state index is 14.0. The van der Waals surface area contributed by atoms with Crippen LogP contribution < -0.4 is 0 Å². The average molecular weight is 479 g/mol. The number of carbonyl (C=O) groups excluding carboxylic acids is 1. The van der Waals surface area contributed by atoms with Crippen LogP contribution in [0.5, 0.6) is 0 Å². The minimum absolute atomic E-state index is 0.0458. The molecule has 5 nitrogen and oxygen atoms in total. The van der Waals surface area contributed by atoms with Crippen LogP contribution in [0.3, 0.4) is 0 Å². The van der Waals surface area contributed by atoms with Crippen LogP contribution in [0.25, 0.3) is 0 Å². The SMILES string of the molecule is Cc1ccc(C(=O)C2=C[C@]3(c4ccc(C)cc4)[C@H](C)[C@H](N4CCCC4)C(C#N)(C#N)N3C2(C)C)cc1. The van der Waals surface area contributed by atoms with E-state index in [9.17, 15) is 15.3 Å². The van der Waals surface area contributed by atoms with Crippen LogP contribution in [0.15, 0.2) is 60.2 Å². The molecular formula is C31H34N4O. The summed E-state index contributed by atoms with van der Waals surface area (Å²) in [5, 5.41) is 21.5. The standard InChI is InChI=1S/C31H34N4O/c1-21-8-12-24(13-9-21)27(36)26-18-31(25-14-10-22(2)11-15-25)23(3)28(34-16-6-7-17-34)30(19-32,20-33)35(31)29(26,4)5/h8-15,18,23,28H,6-7,16-17H2,1-5H3/t23-,28+,31-/m1/s1. The number of Topliss-reactive ketones (excluding diaryl/α,β-unsaturated/α-hetero) is 1. The quantitative estimate of drug-likeness (QED) is 0.558. The molecule has 184 valence electrons. The summed E-state index contributed by atoms with van der Waals surface area (Å²) >= 11 is 0. The monoisotopic (exact) mass is 478 g/mol. The predicted molar refractivity (Wildman–Crippen MR) is 140 cm³/mol. The van der Waals surface area contributed by atoms with Gasteiger partial charge in [0.2, 0.25) is 5.54 Å². The van der Waals surface area contributed by atoms with Crippen molar-refractivity contribution < 1.29 is 4.79 Å². The van der Waals surface area contributed by atoms with Crippen LogP contribution in [0.4, 0.5) is 0 Å². The molecule has 0 amide bonds. The lowest BCUT2D eigenvalue weighted by Crippen LogP contribution is -2.62. The van der Waals surface area contributed by atoms with Gasteiger partial charge in [-0.25, -0.2) is 4.90 Å². The van der Waals surface area contributed by atoms with Gasteiger partial charge >= 0.3 is 0 Å². The highest BCUT2D eigenvalue weighted by molar-refractivity contribution is 6.10. The second kappa shape index (κ2) is 8.41. The summed E-state index contributed by atoms with van der Waals surface area (Å²) in [4.78, 5) is 18.4. The summed E-state index contributed by atoms with van der Waals surface area (Å²) < 4.78 is 0. The first-order chi connectivity index (χ1) is 17.1. The van der Waals surface area contributed by atoms with Crippen LogP contribution in [0.1, 0.15) is 60.7 Å². The molecule has 0 unspecified atom stereocenters. The van der Waals surface area contributed by atoms with E-state index >= 15 is 0 Å². The van der Waals surface area contributed by atoms with Crippen molar-refractivity contribution in [3.05, 3.63) is 82.4 Å². The highest BCUT2D eigenvalue weighted by atomic mass is 16.1. The van der Waals surface area contributed by atoms with Crippen LogP contribution in [-0.4, -0.2) is 45.8 Å². The van der Waals surface area contributed by atoms with Crippen molar-refractivity contribution in [2.75, 3.05) is 13.1 Å². The van der Waals surface area contributed by atoms with Gasteiger partial charge in [-0.15, -0.1) is 0 Å². The molecule has 0 aromatic heterocycles. The summed E-state index contributed by atoms with van der Waals surface area (Å²) in [6.07, 6.45) is 4.25. The zero-order chi connectivity index (χ0) is 25.9. The molecule has 3 atom stereocenters. The number of ketones is 1. The molecular weight excluding hydrogens is 444 g/mol. The maximum Gasteiger partial charge on any atom is 0.213 e. The number of carbonyl (C=O) groups is 1. The summed E-state index contributed by atoms with van der Waals surface area (Å²) in [5.74, 6) is -0.129. The molecule has 3 heterocycles. The number of likely N-dealkylation sites (tertiary alicyclic amines) is 1. The van der Waals surface area contributed by atoms with Gasteiger partial charge in [-0.1, -0.05) is 72.7 Å². The fourth-order valence-corrected chi connectivity index (χ4v) is 7.20.